The van der Waals surface area contributed by atoms with Crippen LogP contribution in [0.2, 0.25) is 5.02 Å². The van der Waals surface area contributed by atoms with Crippen LogP contribution >= 0.6 is 11.6 Å². The molecule has 0 fully saturated rings. The molecule has 0 aliphatic rings. The number of carbonyl (C=O) groups excluding carboxylic acids is 1. The molecule has 8 nitrogen and oxygen atoms in total. The first kappa shape index (κ1) is 27.0. The van der Waals surface area contributed by atoms with Gasteiger partial charge in [-0.05, 0) is 47.5 Å². The van der Waals surface area contributed by atoms with E-state index in [-0.39, 0.29) is 17.3 Å². The highest BCUT2D eigenvalue weighted by molar-refractivity contribution is 7.90. The van der Waals surface area contributed by atoms with Crippen LogP contribution in [0.3, 0.4) is 0 Å². The molecule has 0 unspecified atom stereocenters. The normalized spacial score (nSPS) is 11.0. The number of amides is 1. The minimum atomic E-state index is -3.31. The van der Waals surface area contributed by atoms with Crippen LogP contribution in [0.5, 0.6) is 0 Å². The molecule has 2 heterocycles. The van der Waals surface area contributed by atoms with Crippen LogP contribution in [0.15, 0.2) is 102 Å². The van der Waals surface area contributed by atoms with Gasteiger partial charge in [-0.2, -0.15) is 5.10 Å². The highest BCUT2D eigenvalue weighted by atomic mass is 35.5. The van der Waals surface area contributed by atoms with E-state index in [0.29, 0.717) is 33.6 Å². The quantitative estimate of drug-likeness (QED) is 0.322. The van der Waals surface area contributed by atoms with E-state index < -0.39 is 9.84 Å². The average Bonchev–Trinajstić information content (AvgIpc) is 3.37. The summed E-state index contributed by atoms with van der Waals surface area (Å²) in [6.07, 6.45) is 5.89. The van der Waals surface area contributed by atoms with Gasteiger partial charge >= 0.3 is 0 Å². The molecule has 0 saturated heterocycles. The smallest absolute Gasteiger partial charge is 0.253 e. The molecule has 0 bridgehead atoms. The Labute approximate surface area is 226 Å². The second-order valence-corrected chi connectivity index (χ2v) is 10.9. The largest absolute Gasteiger partial charge is 0.348 e. The van der Waals surface area contributed by atoms with Crippen LogP contribution in [0.4, 0.5) is 0 Å². The molecule has 38 heavy (non-hydrogen) atoms. The molecular formula is C28H26ClN5O3S. The fourth-order valence-corrected chi connectivity index (χ4v) is 4.51. The molecule has 10 heteroatoms. The zero-order valence-corrected chi connectivity index (χ0v) is 22.2. The molecule has 0 spiro atoms. The van der Waals surface area contributed by atoms with Gasteiger partial charge in [-0.3, -0.25) is 9.78 Å². The third kappa shape index (κ3) is 6.63. The minimum Gasteiger partial charge on any atom is -0.348 e. The van der Waals surface area contributed by atoms with E-state index in [1.54, 1.807) is 47.4 Å². The lowest BCUT2D eigenvalue weighted by molar-refractivity contribution is 0.0952. The van der Waals surface area contributed by atoms with Crippen LogP contribution < -0.4 is 11.1 Å². The van der Waals surface area contributed by atoms with Crippen LogP contribution in [0.25, 0.3) is 16.6 Å². The first-order valence-corrected chi connectivity index (χ1v) is 13.9. The van der Waals surface area contributed by atoms with Gasteiger partial charge in [0.1, 0.15) is 0 Å². The second-order valence-electron chi connectivity index (χ2n) is 8.44. The lowest BCUT2D eigenvalue weighted by Crippen LogP contribution is -2.23. The summed E-state index contributed by atoms with van der Waals surface area (Å²) in [6.45, 7) is 0.824. The van der Waals surface area contributed by atoms with Crippen LogP contribution in [0, 0.1) is 0 Å². The second kappa shape index (κ2) is 12.0. The fraction of sp³-hybridized carbons (Fsp3) is 0.107. The summed E-state index contributed by atoms with van der Waals surface area (Å²) in [5.74, 6) is -0.325. The zero-order valence-electron chi connectivity index (χ0n) is 20.6. The molecular weight excluding hydrogens is 522 g/mol. The fourth-order valence-electron chi connectivity index (χ4n) is 3.69. The van der Waals surface area contributed by atoms with Gasteiger partial charge in [0.25, 0.3) is 5.91 Å². The van der Waals surface area contributed by atoms with Gasteiger partial charge in [0, 0.05) is 36.0 Å². The van der Waals surface area contributed by atoms with Crippen LogP contribution in [0.1, 0.15) is 21.5 Å². The molecule has 5 aromatic rings. The Morgan fingerprint density at radius 1 is 0.947 bits per heavy atom. The van der Waals surface area contributed by atoms with Gasteiger partial charge < -0.3 is 11.1 Å². The Kier molecular flexibility index (Phi) is 8.52. The number of fused-ring (bicyclic) bond motifs is 1. The van der Waals surface area contributed by atoms with Gasteiger partial charge in [-0.15, -0.1) is 0 Å². The van der Waals surface area contributed by atoms with Crippen molar-refractivity contribution in [1.29, 1.82) is 0 Å². The van der Waals surface area contributed by atoms with E-state index in [1.807, 2.05) is 42.5 Å². The Bertz CT molecular complexity index is 1650. The predicted molar refractivity (Wildman–Crippen MR) is 149 cm³/mol. The van der Waals surface area contributed by atoms with E-state index in [1.165, 1.54) is 17.8 Å². The topological polar surface area (TPSA) is 120 Å². The number of halogens is 1. The van der Waals surface area contributed by atoms with Gasteiger partial charge in [-0.25, -0.2) is 13.1 Å². The third-order valence-electron chi connectivity index (χ3n) is 5.67. The summed E-state index contributed by atoms with van der Waals surface area (Å²) in [5, 5.41) is 8.47. The van der Waals surface area contributed by atoms with E-state index in [0.717, 1.165) is 11.9 Å². The maximum absolute atomic E-state index is 12.8. The molecule has 194 valence electrons. The number of nitrogens with one attached hydrogen (secondary N) is 1. The lowest BCUT2D eigenvalue weighted by atomic mass is 10.1. The number of carbonyl (C=O) groups is 1. The van der Waals surface area contributed by atoms with Crippen molar-refractivity contribution in [3.05, 3.63) is 119 Å². The molecule has 0 aliphatic carbocycles. The number of nitrogens with two attached hydrogens (primary N) is 1. The van der Waals surface area contributed by atoms with E-state index in [9.17, 15) is 13.2 Å². The van der Waals surface area contributed by atoms with E-state index in [2.05, 4.69) is 15.4 Å². The highest BCUT2D eigenvalue weighted by Crippen LogP contribution is 2.22. The standard InChI is InChI=1S/C21H17ClN4O3S.C7H9N/c1-30(28,29)17-4-2-3-14(9-17)10-24-21(27)19-11-23-13-20-18(19)12-25-26(20)16-7-5-15(22)6-8-16;8-6-7-4-2-1-3-5-7/h2-9,11-13H,10H2,1H3,(H,24,27);1-5H,6,8H2. The van der Waals surface area contributed by atoms with Crippen molar-refractivity contribution in [2.24, 2.45) is 5.73 Å². The Hall–Kier alpha value is -4.05. The molecule has 5 rings (SSSR count). The Morgan fingerprint density at radius 2 is 1.66 bits per heavy atom. The Balaban J connectivity index is 0.000000360. The van der Waals surface area contributed by atoms with Gasteiger partial charge in [0.2, 0.25) is 0 Å². The van der Waals surface area contributed by atoms with E-state index in [4.69, 9.17) is 17.3 Å². The van der Waals surface area contributed by atoms with Crippen molar-refractivity contribution in [2.45, 2.75) is 18.0 Å². The first-order valence-electron chi connectivity index (χ1n) is 11.6. The predicted octanol–water partition coefficient (Wildman–Crippen LogP) is 4.55. The number of sulfone groups is 1. The van der Waals surface area contributed by atoms with Crippen molar-refractivity contribution >= 4 is 38.2 Å². The van der Waals surface area contributed by atoms with Gasteiger partial charge in [0.15, 0.2) is 9.84 Å². The van der Waals surface area contributed by atoms with Gasteiger partial charge in [0.05, 0.1) is 34.1 Å². The molecule has 0 radical (unpaired) electrons. The van der Waals surface area contributed by atoms with Crippen molar-refractivity contribution in [1.82, 2.24) is 20.1 Å². The van der Waals surface area contributed by atoms with Crippen molar-refractivity contribution in [3.8, 4) is 5.69 Å². The number of aromatic nitrogens is 3. The maximum atomic E-state index is 12.8. The summed E-state index contributed by atoms with van der Waals surface area (Å²) in [5.41, 5.74) is 9.08. The molecule has 3 N–H and O–H groups in total. The number of benzene rings is 3. The summed E-state index contributed by atoms with van der Waals surface area (Å²) in [7, 11) is -3.31. The summed E-state index contributed by atoms with van der Waals surface area (Å²) >= 11 is 5.95. The lowest BCUT2D eigenvalue weighted by Gasteiger charge is -2.08. The molecule has 0 saturated carbocycles. The number of hydrogen-bond acceptors (Lipinski definition) is 6. The van der Waals surface area contributed by atoms with Crippen LogP contribution in [-0.2, 0) is 22.9 Å². The number of hydrogen-bond donors (Lipinski definition) is 2. The first-order chi connectivity index (χ1) is 18.3. The van der Waals surface area contributed by atoms with Crippen molar-refractivity contribution in [3.63, 3.8) is 0 Å². The molecule has 3 aromatic carbocycles. The summed E-state index contributed by atoms with van der Waals surface area (Å²) < 4.78 is 25.1. The molecule has 0 aliphatic heterocycles. The van der Waals surface area contributed by atoms with Crippen molar-refractivity contribution in [2.75, 3.05) is 6.26 Å². The van der Waals surface area contributed by atoms with E-state index >= 15 is 0 Å². The molecule has 1 amide bonds. The SMILES string of the molecule is CS(=O)(=O)c1cccc(CNC(=O)c2cncc3c2cnn3-c2ccc(Cl)cc2)c1.NCc1ccccc1. The monoisotopic (exact) mass is 547 g/mol. The van der Waals surface area contributed by atoms with Crippen molar-refractivity contribution < 1.29 is 13.2 Å². The highest BCUT2D eigenvalue weighted by Gasteiger charge is 2.15. The number of rotatable bonds is 6. The Morgan fingerprint density at radius 3 is 2.32 bits per heavy atom. The number of pyridine rings is 1. The molecule has 2 aromatic heterocycles. The summed E-state index contributed by atoms with van der Waals surface area (Å²) in [6, 6.07) is 23.7. The molecule has 0 atom stereocenters. The maximum Gasteiger partial charge on any atom is 0.253 e. The van der Waals surface area contributed by atoms with Gasteiger partial charge in [-0.1, -0.05) is 54.1 Å². The summed E-state index contributed by atoms with van der Waals surface area (Å²) in [4.78, 5) is 17.2. The minimum absolute atomic E-state index is 0.184. The average molecular weight is 548 g/mol. The van der Waals surface area contributed by atoms with Crippen LogP contribution in [-0.4, -0.2) is 35.3 Å². The number of nitrogens with zero attached hydrogens (tertiary/aromatic N) is 3. The zero-order chi connectivity index (χ0) is 27.1. The third-order valence-corrected chi connectivity index (χ3v) is 7.03.